The van der Waals surface area contributed by atoms with Gasteiger partial charge in [-0.3, -0.25) is 4.57 Å². The van der Waals surface area contributed by atoms with E-state index in [2.05, 4.69) is 20.3 Å². The standard InChI is InChI=1S/C17H17Cl2NO3.C10H13N5O4/c1-3-22-10-23-17(21)12-6-4-5-7-14(12)20-16-13(18)9-8-11(2)15(16)19;11-8-5-9(13-2-12-8)15(3-14-5)10-7(18)6(17)4(1-16)19-10/h4-9,20H,3,10H2,1-2H3;2-4,6-7,10,16-18H,1H2,(H2,11,12,13)/t;4-,6-,7-,10-/m.1/s1. The van der Waals surface area contributed by atoms with Gasteiger partial charge in [0, 0.05) is 6.61 Å². The van der Waals surface area contributed by atoms with E-state index in [9.17, 15) is 15.0 Å². The number of nitrogens with one attached hydrogen (secondary N) is 1. The molecule has 1 fully saturated rings. The van der Waals surface area contributed by atoms with E-state index in [1.165, 1.54) is 17.2 Å². The van der Waals surface area contributed by atoms with E-state index >= 15 is 0 Å². The lowest BCUT2D eigenvalue weighted by molar-refractivity contribution is -0.0511. The fourth-order valence-corrected chi connectivity index (χ4v) is 4.56. The van der Waals surface area contributed by atoms with Gasteiger partial charge in [0.2, 0.25) is 0 Å². The van der Waals surface area contributed by atoms with Crippen LogP contribution in [0.4, 0.5) is 17.2 Å². The third-order valence-electron chi connectivity index (χ3n) is 6.35. The molecule has 1 aliphatic heterocycles. The molecule has 224 valence electrons. The number of benzene rings is 2. The molecule has 6 N–H and O–H groups in total. The number of nitrogens with two attached hydrogens (primary N) is 1. The highest BCUT2D eigenvalue weighted by Gasteiger charge is 2.44. The summed E-state index contributed by atoms with van der Waals surface area (Å²) in [6.45, 7) is 3.70. The molecule has 15 heteroatoms. The Kier molecular flexibility index (Phi) is 10.5. The van der Waals surface area contributed by atoms with E-state index in [-0.39, 0.29) is 12.6 Å². The Hall–Kier alpha value is -3.56. The zero-order valence-corrected chi connectivity index (χ0v) is 24.2. The lowest BCUT2D eigenvalue weighted by Crippen LogP contribution is -2.33. The van der Waals surface area contributed by atoms with Gasteiger partial charge in [0.25, 0.3) is 0 Å². The first-order valence-corrected chi connectivity index (χ1v) is 13.5. The van der Waals surface area contributed by atoms with Crippen LogP contribution in [0.15, 0.2) is 49.1 Å². The van der Waals surface area contributed by atoms with Crippen LogP contribution in [0.2, 0.25) is 10.0 Å². The molecule has 0 spiro atoms. The minimum Gasteiger partial charge on any atom is -0.435 e. The maximum Gasteiger partial charge on any atom is 0.342 e. The fourth-order valence-electron chi connectivity index (χ4n) is 4.10. The molecule has 0 unspecified atom stereocenters. The van der Waals surface area contributed by atoms with Crippen LogP contribution in [0.5, 0.6) is 0 Å². The highest BCUT2D eigenvalue weighted by molar-refractivity contribution is 6.39. The minimum atomic E-state index is -1.19. The topological polar surface area (TPSA) is 187 Å². The number of carbonyl (C=O) groups is 1. The molecule has 5 rings (SSSR count). The maximum absolute atomic E-state index is 12.2. The third-order valence-corrected chi connectivity index (χ3v) is 7.15. The average molecular weight is 621 g/mol. The van der Waals surface area contributed by atoms with E-state index in [1.54, 1.807) is 30.3 Å². The minimum absolute atomic E-state index is 0.0877. The first kappa shape index (κ1) is 31.4. The van der Waals surface area contributed by atoms with E-state index in [1.807, 2.05) is 19.9 Å². The second-order valence-electron chi connectivity index (χ2n) is 9.08. The Labute approximate surface area is 250 Å². The smallest absolute Gasteiger partial charge is 0.342 e. The van der Waals surface area contributed by atoms with Gasteiger partial charge in [-0.05, 0) is 37.6 Å². The summed E-state index contributed by atoms with van der Waals surface area (Å²) in [7, 11) is 0. The van der Waals surface area contributed by atoms with Crippen LogP contribution in [0, 0.1) is 6.92 Å². The van der Waals surface area contributed by atoms with Gasteiger partial charge in [0.1, 0.15) is 30.2 Å². The monoisotopic (exact) mass is 620 g/mol. The summed E-state index contributed by atoms with van der Waals surface area (Å²) in [6.07, 6.45) is -1.42. The van der Waals surface area contributed by atoms with Crippen molar-refractivity contribution in [1.82, 2.24) is 19.5 Å². The van der Waals surface area contributed by atoms with E-state index in [4.69, 9.17) is 48.3 Å². The third kappa shape index (κ3) is 6.73. The molecule has 1 saturated heterocycles. The predicted octanol–water partition coefficient (Wildman–Crippen LogP) is 3.22. The lowest BCUT2D eigenvalue weighted by Gasteiger charge is -2.16. The van der Waals surface area contributed by atoms with Crippen molar-refractivity contribution in [2.45, 2.75) is 38.4 Å². The first-order chi connectivity index (χ1) is 20.2. The van der Waals surface area contributed by atoms with Crippen molar-refractivity contribution in [2.75, 3.05) is 31.1 Å². The molecule has 0 radical (unpaired) electrons. The zero-order chi connectivity index (χ0) is 30.4. The summed E-state index contributed by atoms with van der Waals surface area (Å²) in [6, 6.07) is 10.6. The number of aryl methyl sites for hydroxylation is 1. The number of imidazole rings is 1. The Morgan fingerprint density at radius 1 is 1.14 bits per heavy atom. The number of aliphatic hydroxyl groups is 3. The van der Waals surface area contributed by atoms with Crippen LogP contribution < -0.4 is 11.1 Å². The number of anilines is 3. The molecule has 2 aromatic heterocycles. The van der Waals surface area contributed by atoms with Gasteiger partial charge in [0.05, 0.1) is 39.9 Å². The number of ether oxygens (including phenoxy) is 3. The van der Waals surface area contributed by atoms with Crippen molar-refractivity contribution < 1.29 is 34.3 Å². The quantitative estimate of drug-likeness (QED) is 0.110. The summed E-state index contributed by atoms with van der Waals surface area (Å²) >= 11 is 12.5. The zero-order valence-electron chi connectivity index (χ0n) is 22.6. The number of aromatic nitrogens is 4. The number of nitrogen functional groups attached to an aromatic ring is 1. The highest BCUT2D eigenvalue weighted by Crippen LogP contribution is 2.36. The van der Waals surface area contributed by atoms with Gasteiger partial charge in [0.15, 0.2) is 24.5 Å². The molecule has 1 aliphatic rings. The molecule has 0 amide bonds. The number of rotatable bonds is 8. The van der Waals surface area contributed by atoms with Crippen LogP contribution in [0.25, 0.3) is 11.2 Å². The largest absolute Gasteiger partial charge is 0.435 e. The van der Waals surface area contributed by atoms with Crippen LogP contribution in [-0.2, 0) is 14.2 Å². The molecule has 4 aromatic rings. The van der Waals surface area contributed by atoms with Gasteiger partial charge in [-0.1, -0.05) is 41.4 Å². The van der Waals surface area contributed by atoms with Crippen LogP contribution >= 0.6 is 23.2 Å². The van der Waals surface area contributed by atoms with Crippen molar-refractivity contribution in [3.8, 4) is 0 Å². The number of hydrogen-bond donors (Lipinski definition) is 5. The number of hydrogen-bond acceptors (Lipinski definition) is 12. The molecule has 4 atom stereocenters. The number of carbonyl (C=O) groups excluding carboxylic acids is 1. The van der Waals surface area contributed by atoms with Crippen molar-refractivity contribution in [3.63, 3.8) is 0 Å². The molecule has 0 aliphatic carbocycles. The molecule has 3 heterocycles. The second-order valence-corrected chi connectivity index (χ2v) is 9.86. The molecular weight excluding hydrogens is 591 g/mol. The lowest BCUT2D eigenvalue weighted by atomic mass is 10.1. The van der Waals surface area contributed by atoms with Crippen molar-refractivity contribution in [2.24, 2.45) is 0 Å². The Morgan fingerprint density at radius 2 is 1.90 bits per heavy atom. The number of para-hydroxylation sites is 1. The molecule has 42 heavy (non-hydrogen) atoms. The van der Waals surface area contributed by atoms with Gasteiger partial charge < -0.3 is 40.6 Å². The SMILES string of the molecule is CCOCOC(=O)c1ccccc1Nc1c(Cl)ccc(C)c1Cl.Nc1ncnc2c1ncn2[C@@H]1O[C@H](CO)[C@@H](O)[C@H]1O. The molecule has 2 aromatic carbocycles. The van der Waals surface area contributed by atoms with Crippen LogP contribution in [0.3, 0.4) is 0 Å². The summed E-state index contributed by atoms with van der Waals surface area (Å²) in [4.78, 5) is 24.1. The molecule has 0 bridgehead atoms. The van der Waals surface area contributed by atoms with E-state index in [0.29, 0.717) is 44.8 Å². The fraction of sp³-hybridized carbons (Fsp3) is 0.333. The van der Waals surface area contributed by atoms with Gasteiger partial charge in [-0.25, -0.2) is 19.7 Å². The Bertz CT molecular complexity index is 1540. The number of esters is 1. The normalized spacial score (nSPS) is 19.8. The number of nitrogens with zero attached hydrogens (tertiary/aromatic N) is 4. The van der Waals surface area contributed by atoms with Crippen molar-refractivity contribution >= 4 is 57.5 Å². The summed E-state index contributed by atoms with van der Waals surface area (Å²) in [5.74, 6) is -0.267. The first-order valence-electron chi connectivity index (χ1n) is 12.8. The van der Waals surface area contributed by atoms with E-state index in [0.717, 1.165) is 5.56 Å². The Morgan fingerprint density at radius 3 is 2.62 bits per heavy atom. The van der Waals surface area contributed by atoms with Crippen molar-refractivity contribution in [3.05, 3.63) is 70.2 Å². The van der Waals surface area contributed by atoms with Gasteiger partial charge >= 0.3 is 5.97 Å². The van der Waals surface area contributed by atoms with E-state index < -0.39 is 37.1 Å². The van der Waals surface area contributed by atoms with Crippen LogP contribution in [-0.4, -0.2) is 79.1 Å². The predicted molar refractivity (Wildman–Crippen MR) is 156 cm³/mol. The average Bonchev–Trinajstić information content (AvgIpc) is 3.55. The summed E-state index contributed by atoms with van der Waals surface area (Å²) in [5.41, 5.74) is 8.82. The highest BCUT2D eigenvalue weighted by atomic mass is 35.5. The molecule has 13 nitrogen and oxygen atoms in total. The number of aliphatic hydroxyl groups excluding tert-OH is 3. The molecular formula is C27H30Cl2N6O7. The molecule has 0 saturated carbocycles. The summed E-state index contributed by atoms with van der Waals surface area (Å²) in [5, 5.41) is 32.8. The van der Waals surface area contributed by atoms with Crippen molar-refractivity contribution in [1.29, 1.82) is 0 Å². The summed E-state index contributed by atoms with van der Waals surface area (Å²) < 4.78 is 17.0. The number of halogens is 2. The van der Waals surface area contributed by atoms with Crippen LogP contribution in [0.1, 0.15) is 29.1 Å². The van der Waals surface area contributed by atoms with Gasteiger partial charge in [-0.15, -0.1) is 0 Å². The Balaban J connectivity index is 0.000000196. The second kappa shape index (κ2) is 14.1. The number of fused-ring (bicyclic) bond motifs is 1. The maximum atomic E-state index is 12.2. The van der Waals surface area contributed by atoms with Gasteiger partial charge in [-0.2, -0.15) is 0 Å².